The first-order valence-corrected chi connectivity index (χ1v) is 10.2. The van der Waals surface area contributed by atoms with E-state index in [-0.39, 0.29) is 5.91 Å². The Kier molecular flexibility index (Phi) is 6.22. The molecule has 0 spiro atoms. The number of morpholine rings is 1. The Morgan fingerprint density at radius 3 is 2.83 bits per heavy atom. The van der Waals surface area contributed by atoms with E-state index in [0.717, 1.165) is 62.2 Å². The molecule has 0 unspecified atom stereocenters. The summed E-state index contributed by atoms with van der Waals surface area (Å²) in [5.41, 5.74) is 3.20. The molecule has 0 atom stereocenters. The predicted molar refractivity (Wildman–Crippen MR) is 113 cm³/mol. The average molecular weight is 393 g/mol. The highest BCUT2D eigenvalue weighted by Gasteiger charge is 2.15. The van der Waals surface area contributed by atoms with Crippen molar-refractivity contribution in [2.24, 2.45) is 0 Å². The fourth-order valence-corrected chi connectivity index (χ4v) is 3.66. The number of carbonyl (C=O) groups excluding carboxylic acids is 1. The number of fused-ring (bicyclic) bond motifs is 1. The Morgan fingerprint density at radius 1 is 1.17 bits per heavy atom. The van der Waals surface area contributed by atoms with Crippen molar-refractivity contribution in [1.82, 2.24) is 15.2 Å². The number of rotatable bonds is 7. The molecule has 29 heavy (non-hydrogen) atoms. The third kappa shape index (κ3) is 4.83. The molecule has 0 aliphatic carbocycles. The van der Waals surface area contributed by atoms with Crippen LogP contribution in [0.2, 0.25) is 0 Å². The average Bonchev–Trinajstić information content (AvgIpc) is 3.28. The summed E-state index contributed by atoms with van der Waals surface area (Å²) in [6.07, 6.45) is 3.63. The van der Waals surface area contributed by atoms with Crippen LogP contribution in [0.3, 0.4) is 0 Å². The van der Waals surface area contributed by atoms with Gasteiger partial charge in [0.1, 0.15) is 5.69 Å². The number of amides is 1. The zero-order chi connectivity index (χ0) is 20.1. The van der Waals surface area contributed by atoms with Crippen LogP contribution in [0.25, 0.3) is 22.4 Å². The van der Waals surface area contributed by atoms with Crippen LogP contribution in [0.15, 0.2) is 47.1 Å². The van der Waals surface area contributed by atoms with E-state index in [4.69, 9.17) is 9.15 Å². The summed E-state index contributed by atoms with van der Waals surface area (Å²) >= 11 is 0. The van der Waals surface area contributed by atoms with Crippen molar-refractivity contribution in [2.45, 2.75) is 19.8 Å². The Morgan fingerprint density at radius 2 is 2.03 bits per heavy atom. The second-order valence-electron chi connectivity index (χ2n) is 7.47. The van der Waals surface area contributed by atoms with Gasteiger partial charge >= 0.3 is 0 Å². The minimum absolute atomic E-state index is 0.0674. The number of pyridine rings is 1. The normalized spacial score (nSPS) is 14.9. The van der Waals surface area contributed by atoms with Gasteiger partial charge in [-0.05, 0) is 56.6 Å². The van der Waals surface area contributed by atoms with Crippen LogP contribution in [0.4, 0.5) is 0 Å². The van der Waals surface area contributed by atoms with Gasteiger partial charge in [0.25, 0.3) is 5.91 Å². The molecule has 6 nitrogen and oxygen atoms in total. The summed E-state index contributed by atoms with van der Waals surface area (Å²) in [7, 11) is 0. The van der Waals surface area contributed by atoms with Gasteiger partial charge in [0.2, 0.25) is 0 Å². The zero-order valence-electron chi connectivity index (χ0n) is 16.8. The van der Waals surface area contributed by atoms with Crippen LogP contribution in [0.1, 0.15) is 28.8 Å². The molecule has 0 bridgehead atoms. The number of aromatic nitrogens is 1. The lowest BCUT2D eigenvalue weighted by molar-refractivity contribution is 0.0372. The number of nitrogens with zero attached hydrogens (tertiary/aromatic N) is 2. The third-order valence-electron chi connectivity index (χ3n) is 5.27. The Bertz CT molecular complexity index is 963. The van der Waals surface area contributed by atoms with Gasteiger partial charge in [-0.3, -0.25) is 9.69 Å². The summed E-state index contributed by atoms with van der Waals surface area (Å²) in [5.74, 6) is 0.592. The third-order valence-corrected chi connectivity index (χ3v) is 5.27. The Hall–Kier alpha value is -2.70. The summed E-state index contributed by atoms with van der Waals surface area (Å²) in [6, 6.07) is 11.5. The van der Waals surface area contributed by atoms with Crippen molar-refractivity contribution in [1.29, 1.82) is 0 Å². The van der Waals surface area contributed by atoms with Crippen LogP contribution in [0, 0.1) is 6.92 Å². The maximum absolute atomic E-state index is 13.0. The van der Waals surface area contributed by atoms with Crippen molar-refractivity contribution < 1.29 is 13.9 Å². The Balaban J connectivity index is 1.43. The highest BCUT2D eigenvalue weighted by Crippen LogP contribution is 2.26. The van der Waals surface area contributed by atoms with E-state index in [9.17, 15) is 4.79 Å². The van der Waals surface area contributed by atoms with E-state index < -0.39 is 0 Å². The largest absolute Gasteiger partial charge is 0.463 e. The molecule has 1 aliphatic heterocycles. The molecular weight excluding hydrogens is 366 g/mol. The molecule has 1 aromatic carbocycles. The van der Waals surface area contributed by atoms with Gasteiger partial charge in [-0.2, -0.15) is 0 Å². The quantitative estimate of drug-likeness (QED) is 0.621. The van der Waals surface area contributed by atoms with Gasteiger partial charge in [-0.15, -0.1) is 0 Å². The first-order valence-electron chi connectivity index (χ1n) is 10.2. The van der Waals surface area contributed by atoms with E-state index in [1.807, 2.05) is 43.3 Å². The molecule has 1 aliphatic rings. The van der Waals surface area contributed by atoms with Crippen molar-refractivity contribution in [3.05, 3.63) is 53.8 Å². The lowest BCUT2D eigenvalue weighted by Crippen LogP contribution is -2.37. The fraction of sp³-hybridized carbons (Fsp3) is 0.391. The number of benzene rings is 1. The molecular formula is C23H27N3O3. The molecule has 0 saturated carbocycles. The lowest BCUT2D eigenvalue weighted by atomic mass is 10.0. The SMILES string of the molecule is Cc1ccc2nc(-c3ccco3)cc(C(=O)NCCCCN3CCOCC3)c2c1. The molecule has 0 radical (unpaired) electrons. The number of aryl methyl sites for hydroxylation is 1. The van der Waals surface area contributed by atoms with Crippen molar-refractivity contribution in [3.8, 4) is 11.5 Å². The first kappa shape index (κ1) is 19.6. The number of hydrogen-bond donors (Lipinski definition) is 1. The molecule has 1 amide bonds. The molecule has 2 aromatic heterocycles. The van der Waals surface area contributed by atoms with Crippen LogP contribution in [0.5, 0.6) is 0 Å². The molecule has 6 heteroatoms. The highest BCUT2D eigenvalue weighted by molar-refractivity contribution is 6.07. The molecule has 1 N–H and O–H groups in total. The first-order chi connectivity index (χ1) is 14.2. The summed E-state index contributed by atoms with van der Waals surface area (Å²) in [4.78, 5) is 20.1. The molecule has 1 saturated heterocycles. The summed E-state index contributed by atoms with van der Waals surface area (Å²) in [6.45, 7) is 7.39. The number of carbonyl (C=O) groups is 1. The van der Waals surface area contributed by atoms with Gasteiger partial charge in [0.15, 0.2) is 5.76 Å². The number of unbranched alkanes of at least 4 members (excludes halogenated alkanes) is 1. The Labute approximate surface area is 170 Å². The second kappa shape index (κ2) is 9.20. The van der Waals surface area contributed by atoms with E-state index in [1.54, 1.807) is 6.26 Å². The fourth-order valence-electron chi connectivity index (χ4n) is 3.66. The van der Waals surface area contributed by atoms with Crippen LogP contribution in [-0.2, 0) is 4.74 Å². The maximum atomic E-state index is 13.0. The van der Waals surface area contributed by atoms with Crippen LogP contribution < -0.4 is 5.32 Å². The number of hydrogen-bond acceptors (Lipinski definition) is 5. The molecule has 4 rings (SSSR count). The van der Waals surface area contributed by atoms with Crippen molar-refractivity contribution in [2.75, 3.05) is 39.4 Å². The number of furan rings is 1. The van der Waals surface area contributed by atoms with Crippen LogP contribution in [-0.4, -0.2) is 55.2 Å². The topological polar surface area (TPSA) is 67.6 Å². The zero-order valence-corrected chi connectivity index (χ0v) is 16.8. The van der Waals surface area contributed by atoms with Gasteiger partial charge < -0.3 is 14.5 Å². The minimum atomic E-state index is -0.0674. The van der Waals surface area contributed by atoms with Crippen LogP contribution >= 0.6 is 0 Å². The van der Waals surface area contributed by atoms with E-state index in [1.165, 1.54) is 0 Å². The van der Waals surface area contributed by atoms with Gasteiger partial charge in [-0.25, -0.2) is 4.98 Å². The molecule has 1 fully saturated rings. The smallest absolute Gasteiger partial charge is 0.252 e. The lowest BCUT2D eigenvalue weighted by Gasteiger charge is -2.26. The van der Waals surface area contributed by atoms with Crippen molar-refractivity contribution in [3.63, 3.8) is 0 Å². The molecule has 3 heterocycles. The second-order valence-corrected chi connectivity index (χ2v) is 7.47. The maximum Gasteiger partial charge on any atom is 0.252 e. The minimum Gasteiger partial charge on any atom is -0.463 e. The highest BCUT2D eigenvalue weighted by atomic mass is 16.5. The van der Waals surface area contributed by atoms with E-state index >= 15 is 0 Å². The van der Waals surface area contributed by atoms with Crippen molar-refractivity contribution >= 4 is 16.8 Å². The number of ether oxygens (including phenoxy) is 1. The van der Waals surface area contributed by atoms with Gasteiger partial charge in [-0.1, -0.05) is 11.6 Å². The summed E-state index contributed by atoms with van der Waals surface area (Å²) < 4.78 is 10.9. The molecule has 3 aromatic rings. The van der Waals surface area contributed by atoms with Gasteiger partial charge in [0, 0.05) is 25.0 Å². The molecule has 152 valence electrons. The van der Waals surface area contributed by atoms with E-state index in [2.05, 4.69) is 15.2 Å². The van der Waals surface area contributed by atoms with E-state index in [0.29, 0.717) is 23.6 Å². The predicted octanol–water partition coefficient (Wildman–Crippen LogP) is 3.65. The standard InChI is InChI=1S/C23H27N3O3/c1-17-6-7-20-18(15-17)19(16-21(25-20)22-5-4-12-29-22)23(27)24-8-2-3-9-26-10-13-28-14-11-26/h4-7,12,15-16H,2-3,8-11,13-14H2,1H3,(H,24,27). The summed E-state index contributed by atoms with van der Waals surface area (Å²) in [5, 5.41) is 3.95. The number of nitrogens with one attached hydrogen (secondary N) is 1. The van der Waals surface area contributed by atoms with Gasteiger partial charge in [0.05, 0.1) is 30.6 Å². The monoisotopic (exact) mass is 393 g/mol.